The van der Waals surface area contributed by atoms with Gasteiger partial charge in [0.05, 0.1) is 17.6 Å². The van der Waals surface area contributed by atoms with Crippen LogP contribution in [-0.2, 0) is 19.6 Å². The summed E-state index contributed by atoms with van der Waals surface area (Å²) in [4.78, 5) is 15.6. The summed E-state index contributed by atoms with van der Waals surface area (Å²) in [7, 11) is -3.28. The minimum Gasteiger partial charge on any atom is -0.465 e. The first kappa shape index (κ1) is 11.9. The molecule has 1 aliphatic carbocycles. The van der Waals surface area contributed by atoms with E-state index in [-0.39, 0.29) is 17.1 Å². The molecule has 1 saturated carbocycles. The molecule has 2 fully saturated rings. The van der Waals surface area contributed by atoms with Crippen molar-refractivity contribution in [1.29, 1.82) is 0 Å². The number of anilines is 1. The van der Waals surface area contributed by atoms with Crippen LogP contribution < -0.4 is 4.72 Å². The van der Waals surface area contributed by atoms with E-state index in [0.717, 1.165) is 0 Å². The third kappa shape index (κ3) is 2.22. The highest BCUT2D eigenvalue weighted by atomic mass is 32.2. The molecular weight excluding hydrogens is 276 g/mol. The number of rotatable bonds is 4. The molecule has 98 valence electrons. The van der Waals surface area contributed by atoms with E-state index in [1.54, 1.807) is 5.38 Å². The van der Waals surface area contributed by atoms with E-state index in [4.69, 9.17) is 4.74 Å². The van der Waals surface area contributed by atoms with E-state index in [0.29, 0.717) is 36.7 Å². The maximum Gasteiger partial charge on any atom is 0.315 e. The lowest BCUT2D eigenvalue weighted by Gasteiger charge is -2.02. The van der Waals surface area contributed by atoms with Gasteiger partial charge in [0.2, 0.25) is 10.0 Å². The van der Waals surface area contributed by atoms with Gasteiger partial charge >= 0.3 is 5.97 Å². The van der Waals surface area contributed by atoms with E-state index >= 15 is 0 Å². The van der Waals surface area contributed by atoms with Crippen LogP contribution in [-0.4, -0.2) is 31.2 Å². The summed E-state index contributed by atoms with van der Waals surface area (Å²) in [6, 6.07) is 0. The summed E-state index contributed by atoms with van der Waals surface area (Å²) in [5.74, 6) is -0.627. The number of thiazole rings is 1. The van der Waals surface area contributed by atoms with Gasteiger partial charge in [0.15, 0.2) is 5.13 Å². The molecule has 1 saturated heterocycles. The van der Waals surface area contributed by atoms with Gasteiger partial charge in [-0.05, 0) is 12.8 Å². The van der Waals surface area contributed by atoms with Gasteiger partial charge in [-0.1, -0.05) is 0 Å². The summed E-state index contributed by atoms with van der Waals surface area (Å²) in [6.07, 6.45) is 2.03. The Kier molecular flexibility index (Phi) is 2.78. The number of aromatic nitrogens is 1. The fourth-order valence-electron chi connectivity index (χ4n) is 1.84. The quantitative estimate of drug-likeness (QED) is 0.838. The van der Waals surface area contributed by atoms with Crippen molar-refractivity contribution >= 4 is 32.5 Å². The standard InChI is InChI=1S/C10H12N2O4S2/c13-9-7(3-4-16-9)8-5-17-10(11-8)12-18(14,15)6-1-2-6/h5-7H,1-4H2,(H,11,12). The van der Waals surface area contributed by atoms with Gasteiger partial charge in [-0.15, -0.1) is 11.3 Å². The molecular formula is C10H12N2O4S2. The minimum atomic E-state index is -3.28. The van der Waals surface area contributed by atoms with E-state index in [1.165, 1.54) is 11.3 Å². The fraction of sp³-hybridized carbons (Fsp3) is 0.600. The Bertz CT molecular complexity index is 576. The summed E-state index contributed by atoms with van der Waals surface area (Å²) < 4.78 is 30.8. The molecule has 1 aliphatic heterocycles. The van der Waals surface area contributed by atoms with Crippen LogP contribution in [0, 0.1) is 0 Å². The van der Waals surface area contributed by atoms with Crippen LogP contribution in [0.5, 0.6) is 0 Å². The first-order chi connectivity index (χ1) is 8.56. The third-order valence-electron chi connectivity index (χ3n) is 3.01. The molecule has 1 aromatic heterocycles. The summed E-state index contributed by atoms with van der Waals surface area (Å²) in [6.45, 7) is 0.407. The van der Waals surface area contributed by atoms with E-state index in [1.807, 2.05) is 0 Å². The molecule has 1 unspecified atom stereocenters. The van der Waals surface area contributed by atoms with Gasteiger partial charge in [-0.2, -0.15) is 0 Å². The number of nitrogens with zero attached hydrogens (tertiary/aromatic N) is 1. The first-order valence-electron chi connectivity index (χ1n) is 5.70. The number of carbonyl (C=O) groups excluding carboxylic acids is 1. The summed E-state index contributed by atoms with van der Waals surface area (Å²) in [5, 5.41) is 1.76. The first-order valence-corrected chi connectivity index (χ1v) is 8.12. The molecule has 1 N–H and O–H groups in total. The van der Waals surface area contributed by atoms with Crippen LogP contribution in [0.25, 0.3) is 0 Å². The van der Waals surface area contributed by atoms with Crippen molar-refractivity contribution in [2.45, 2.75) is 30.4 Å². The molecule has 0 radical (unpaired) electrons. The zero-order chi connectivity index (χ0) is 12.8. The number of ether oxygens (including phenoxy) is 1. The lowest BCUT2D eigenvalue weighted by atomic mass is 10.1. The molecule has 0 amide bonds. The predicted octanol–water partition coefficient (Wildman–Crippen LogP) is 1.08. The van der Waals surface area contributed by atoms with Gasteiger partial charge in [-0.25, -0.2) is 13.4 Å². The van der Waals surface area contributed by atoms with Crippen LogP contribution in [0.1, 0.15) is 30.9 Å². The van der Waals surface area contributed by atoms with Crippen molar-refractivity contribution in [3.63, 3.8) is 0 Å². The lowest BCUT2D eigenvalue weighted by Crippen LogP contribution is -2.17. The number of esters is 1. The maximum absolute atomic E-state index is 11.7. The van der Waals surface area contributed by atoms with Gasteiger partial charge in [0.1, 0.15) is 5.92 Å². The monoisotopic (exact) mass is 288 g/mol. The number of hydrogen-bond donors (Lipinski definition) is 1. The van der Waals surface area contributed by atoms with Gasteiger partial charge in [-0.3, -0.25) is 9.52 Å². The molecule has 8 heteroatoms. The molecule has 2 heterocycles. The van der Waals surface area contributed by atoms with E-state index < -0.39 is 10.0 Å². The van der Waals surface area contributed by atoms with Gasteiger partial charge in [0.25, 0.3) is 0 Å². The van der Waals surface area contributed by atoms with Crippen molar-refractivity contribution in [1.82, 2.24) is 4.98 Å². The molecule has 3 rings (SSSR count). The van der Waals surface area contributed by atoms with Crippen LogP contribution in [0.15, 0.2) is 5.38 Å². The van der Waals surface area contributed by atoms with Crippen LogP contribution >= 0.6 is 11.3 Å². The van der Waals surface area contributed by atoms with Crippen molar-refractivity contribution in [3.8, 4) is 0 Å². The molecule has 0 bridgehead atoms. The molecule has 0 spiro atoms. The topological polar surface area (TPSA) is 85.4 Å². The molecule has 1 aromatic rings. The number of sulfonamides is 1. The second-order valence-electron chi connectivity index (χ2n) is 4.43. The minimum absolute atomic E-state index is 0.277. The van der Waals surface area contributed by atoms with Gasteiger partial charge < -0.3 is 4.74 Å². The van der Waals surface area contributed by atoms with Gasteiger partial charge in [0, 0.05) is 11.8 Å². The zero-order valence-electron chi connectivity index (χ0n) is 9.46. The zero-order valence-corrected chi connectivity index (χ0v) is 11.1. The SMILES string of the molecule is O=C1OCCC1c1csc(NS(=O)(=O)C2CC2)n1. The van der Waals surface area contributed by atoms with Crippen LogP contribution in [0.3, 0.4) is 0 Å². The number of nitrogens with one attached hydrogen (secondary N) is 1. The highest BCUT2D eigenvalue weighted by Crippen LogP contribution is 2.33. The Morgan fingerprint density at radius 3 is 2.78 bits per heavy atom. The summed E-state index contributed by atoms with van der Waals surface area (Å²) in [5.41, 5.74) is 0.594. The van der Waals surface area contributed by atoms with Crippen molar-refractivity contribution in [2.24, 2.45) is 0 Å². The smallest absolute Gasteiger partial charge is 0.315 e. The Balaban J connectivity index is 1.75. The highest BCUT2D eigenvalue weighted by molar-refractivity contribution is 7.93. The second kappa shape index (κ2) is 4.20. The Morgan fingerprint density at radius 2 is 2.17 bits per heavy atom. The molecule has 18 heavy (non-hydrogen) atoms. The third-order valence-corrected chi connectivity index (χ3v) is 5.74. The molecule has 1 atom stereocenters. The van der Waals surface area contributed by atoms with E-state index in [2.05, 4.69) is 9.71 Å². The Morgan fingerprint density at radius 1 is 1.39 bits per heavy atom. The van der Waals surface area contributed by atoms with Crippen molar-refractivity contribution in [3.05, 3.63) is 11.1 Å². The predicted molar refractivity (Wildman–Crippen MR) is 66.0 cm³/mol. The Hall–Kier alpha value is -1.15. The molecule has 0 aromatic carbocycles. The van der Waals surface area contributed by atoms with Crippen LogP contribution in [0.4, 0.5) is 5.13 Å². The highest BCUT2D eigenvalue weighted by Gasteiger charge is 2.36. The van der Waals surface area contributed by atoms with E-state index in [9.17, 15) is 13.2 Å². The number of hydrogen-bond acceptors (Lipinski definition) is 6. The van der Waals surface area contributed by atoms with Crippen LogP contribution in [0.2, 0.25) is 0 Å². The number of carbonyl (C=O) groups is 1. The molecule has 2 aliphatic rings. The maximum atomic E-state index is 11.7. The lowest BCUT2D eigenvalue weighted by molar-refractivity contribution is -0.139. The molecule has 6 nitrogen and oxygen atoms in total. The van der Waals surface area contributed by atoms with Crippen molar-refractivity contribution in [2.75, 3.05) is 11.3 Å². The average molecular weight is 288 g/mol. The largest absolute Gasteiger partial charge is 0.465 e. The number of cyclic esters (lactones) is 1. The fourth-order valence-corrected chi connectivity index (χ4v) is 4.20. The Labute approximate surface area is 108 Å². The summed E-state index contributed by atoms with van der Waals surface area (Å²) >= 11 is 1.20. The normalized spacial score (nSPS) is 24.0. The average Bonchev–Trinajstić information content (AvgIpc) is 2.96. The second-order valence-corrected chi connectivity index (χ2v) is 7.25. The van der Waals surface area contributed by atoms with Crippen molar-refractivity contribution < 1.29 is 17.9 Å².